The molecular weight excluding hydrogens is 435 g/mol. The summed E-state index contributed by atoms with van der Waals surface area (Å²) in [5.74, 6) is 0.391. The second-order valence-corrected chi connectivity index (χ2v) is 9.76. The molecular formula is C24H20Cl2N2OS. The lowest BCUT2D eigenvalue weighted by Gasteiger charge is -2.33. The van der Waals surface area contributed by atoms with E-state index in [4.69, 9.17) is 28.2 Å². The van der Waals surface area contributed by atoms with Gasteiger partial charge in [0, 0.05) is 15.7 Å². The first-order valence-electron chi connectivity index (χ1n) is 10.1. The molecule has 2 atom stereocenters. The molecule has 1 aromatic heterocycles. The molecule has 0 amide bonds. The predicted octanol–water partition coefficient (Wildman–Crippen LogP) is 5.34. The van der Waals surface area contributed by atoms with Gasteiger partial charge in [-0.15, -0.1) is 0 Å². The third kappa shape index (κ3) is 3.47. The standard InChI is InChI=1S/C24H20Cl2N2OS/c1-14-3-2-4-19-21(14)22(16-7-11-18(26)12-8-16)28-23(29)20(30-24(28)27-19)13-15-5-9-17(25)10-6-15/h5-14,22H,2-4H2,1H3/b20-13-/t14-,22-/m0/s1. The van der Waals surface area contributed by atoms with Gasteiger partial charge in [0.15, 0.2) is 4.80 Å². The van der Waals surface area contributed by atoms with Crippen molar-refractivity contribution in [3.63, 3.8) is 0 Å². The summed E-state index contributed by atoms with van der Waals surface area (Å²) in [7, 11) is 0. The molecule has 2 heterocycles. The van der Waals surface area contributed by atoms with E-state index in [9.17, 15) is 4.79 Å². The summed E-state index contributed by atoms with van der Waals surface area (Å²) in [6.07, 6.45) is 5.14. The molecule has 0 unspecified atom stereocenters. The fourth-order valence-electron chi connectivity index (χ4n) is 4.44. The summed E-state index contributed by atoms with van der Waals surface area (Å²) in [4.78, 5) is 19.2. The Kier molecular flexibility index (Phi) is 5.18. The molecule has 5 rings (SSSR count). The molecule has 152 valence electrons. The number of nitrogens with zero attached hydrogens (tertiary/aromatic N) is 2. The average Bonchev–Trinajstić information content (AvgIpc) is 3.04. The zero-order valence-electron chi connectivity index (χ0n) is 16.4. The normalized spacial score (nSPS) is 21.2. The van der Waals surface area contributed by atoms with Crippen LogP contribution in [0.25, 0.3) is 6.08 Å². The molecule has 0 radical (unpaired) electrons. The Morgan fingerprint density at radius 3 is 2.43 bits per heavy atom. The summed E-state index contributed by atoms with van der Waals surface area (Å²) in [6.45, 7) is 2.25. The van der Waals surface area contributed by atoms with Crippen molar-refractivity contribution < 1.29 is 0 Å². The van der Waals surface area contributed by atoms with Crippen LogP contribution in [0.15, 0.2) is 69.6 Å². The van der Waals surface area contributed by atoms with E-state index in [1.165, 1.54) is 16.9 Å². The van der Waals surface area contributed by atoms with E-state index in [-0.39, 0.29) is 11.6 Å². The smallest absolute Gasteiger partial charge is 0.271 e. The summed E-state index contributed by atoms with van der Waals surface area (Å²) >= 11 is 13.6. The summed E-state index contributed by atoms with van der Waals surface area (Å²) in [6, 6.07) is 15.2. The van der Waals surface area contributed by atoms with Gasteiger partial charge in [-0.05, 0) is 72.2 Å². The molecule has 3 nitrogen and oxygen atoms in total. The lowest BCUT2D eigenvalue weighted by Crippen LogP contribution is -2.40. The summed E-state index contributed by atoms with van der Waals surface area (Å²) in [5, 5.41) is 1.37. The highest BCUT2D eigenvalue weighted by molar-refractivity contribution is 7.07. The number of hydrogen-bond donors (Lipinski definition) is 0. The van der Waals surface area contributed by atoms with Gasteiger partial charge in [-0.1, -0.05) is 65.7 Å². The van der Waals surface area contributed by atoms with Gasteiger partial charge in [0.25, 0.3) is 5.56 Å². The van der Waals surface area contributed by atoms with Crippen molar-refractivity contribution in [2.45, 2.75) is 32.2 Å². The number of thiazole rings is 1. The van der Waals surface area contributed by atoms with Crippen LogP contribution >= 0.6 is 34.5 Å². The maximum absolute atomic E-state index is 13.5. The molecule has 0 fully saturated rings. The first kappa shape index (κ1) is 19.8. The molecule has 30 heavy (non-hydrogen) atoms. The van der Waals surface area contributed by atoms with E-state index in [1.807, 2.05) is 59.2 Å². The lowest BCUT2D eigenvalue weighted by molar-refractivity contribution is 0.447. The van der Waals surface area contributed by atoms with Crippen LogP contribution < -0.4 is 14.9 Å². The van der Waals surface area contributed by atoms with Crippen molar-refractivity contribution in [3.8, 4) is 0 Å². The predicted molar refractivity (Wildman–Crippen MR) is 124 cm³/mol. The molecule has 2 aliphatic rings. The highest BCUT2D eigenvalue weighted by Gasteiger charge is 2.33. The molecule has 2 aromatic carbocycles. The second kappa shape index (κ2) is 7.84. The molecule has 0 saturated carbocycles. The Balaban J connectivity index is 1.74. The van der Waals surface area contributed by atoms with Crippen LogP contribution in [-0.2, 0) is 0 Å². The highest BCUT2D eigenvalue weighted by atomic mass is 35.5. The van der Waals surface area contributed by atoms with Gasteiger partial charge in [0.05, 0.1) is 10.6 Å². The molecule has 3 aromatic rings. The molecule has 0 bridgehead atoms. The topological polar surface area (TPSA) is 34.4 Å². The van der Waals surface area contributed by atoms with Gasteiger partial charge in [-0.25, -0.2) is 4.99 Å². The van der Waals surface area contributed by atoms with Gasteiger partial charge in [0.2, 0.25) is 0 Å². The number of aromatic nitrogens is 1. The first-order valence-corrected chi connectivity index (χ1v) is 11.6. The fourth-order valence-corrected chi connectivity index (χ4v) is 5.71. The largest absolute Gasteiger partial charge is 0.272 e. The van der Waals surface area contributed by atoms with Crippen LogP contribution in [0.3, 0.4) is 0 Å². The number of halogens is 2. The maximum atomic E-state index is 13.5. The monoisotopic (exact) mass is 454 g/mol. The zero-order valence-corrected chi connectivity index (χ0v) is 18.8. The quantitative estimate of drug-likeness (QED) is 0.514. The van der Waals surface area contributed by atoms with Crippen molar-refractivity contribution in [1.82, 2.24) is 4.57 Å². The van der Waals surface area contributed by atoms with Crippen LogP contribution in [0.1, 0.15) is 43.4 Å². The van der Waals surface area contributed by atoms with Crippen LogP contribution in [0.2, 0.25) is 10.0 Å². The molecule has 6 heteroatoms. The van der Waals surface area contributed by atoms with Gasteiger partial charge in [-0.3, -0.25) is 9.36 Å². The number of rotatable bonds is 2. The van der Waals surface area contributed by atoms with Crippen molar-refractivity contribution in [2.24, 2.45) is 10.9 Å². The lowest BCUT2D eigenvalue weighted by atomic mass is 9.80. The van der Waals surface area contributed by atoms with E-state index in [0.717, 1.165) is 40.9 Å². The van der Waals surface area contributed by atoms with E-state index in [1.54, 1.807) is 0 Å². The van der Waals surface area contributed by atoms with E-state index >= 15 is 0 Å². The Labute approximate surface area is 188 Å². The van der Waals surface area contributed by atoms with Gasteiger partial charge in [0.1, 0.15) is 0 Å². The van der Waals surface area contributed by atoms with E-state index < -0.39 is 0 Å². The average molecular weight is 455 g/mol. The summed E-state index contributed by atoms with van der Waals surface area (Å²) in [5.41, 5.74) is 4.44. The third-order valence-electron chi connectivity index (χ3n) is 5.89. The minimum Gasteiger partial charge on any atom is -0.272 e. The number of hydrogen-bond acceptors (Lipinski definition) is 3. The van der Waals surface area contributed by atoms with Crippen LogP contribution in [0.4, 0.5) is 0 Å². The number of benzene rings is 2. The molecule has 0 N–H and O–H groups in total. The fraction of sp³-hybridized carbons (Fsp3) is 0.250. The minimum absolute atomic E-state index is 0.00188. The first-order chi connectivity index (χ1) is 14.5. The maximum Gasteiger partial charge on any atom is 0.271 e. The number of fused-ring (bicyclic) bond motifs is 1. The molecule has 0 saturated heterocycles. The van der Waals surface area contributed by atoms with Gasteiger partial charge in [-0.2, -0.15) is 0 Å². The molecule has 1 aliphatic heterocycles. The zero-order chi connectivity index (χ0) is 20.8. The Morgan fingerprint density at radius 2 is 1.73 bits per heavy atom. The van der Waals surface area contributed by atoms with E-state index in [2.05, 4.69) is 6.92 Å². The van der Waals surface area contributed by atoms with Crippen LogP contribution in [0, 0.1) is 5.92 Å². The third-order valence-corrected chi connectivity index (χ3v) is 7.38. The molecule has 1 aliphatic carbocycles. The highest BCUT2D eigenvalue weighted by Crippen LogP contribution is 2.41. The Hall–Kier alpha value is -2.14. The van der Waals surface area contributed by atoms with Crippen molar-refractivity contribution >= 4 is 40.6 Å². The summed E-state index contributed by atoms with van der Waals surface area (Å²) < 4.78 is 2.55. The van der Waals surface area contributed by atoms with Crippen molar-refractivity contribution in [3.05, 3.63) is 101 Å². The van der Waals surface area contributed by atoms with Crippen LogP contribution in [0.5, 0.6) is 0 Å². The number of allylic oxidation sites excluding steroid dienone is 2. The van der Waals surface area contributed by atoms with Crippen molar-refractivity contribution in [2.75, 3.05) is 0 Å². The van der Waals surface area contributed by atoms with E-state index in [0.29, 0.717) is 20.5 Å². The van der Waals surface area contributed by atoms with Crippen molar-refractivity contribution in [1.29, 1.82) is 0 Å². The Morgan fingerprint density at radius 1 is 1.07 bits per heavy atom. The van der Waals surface area contributed by atoms with Gasteiger partial charge >= 0.3 is 0 Å². The van der Waals surface area contributed by atoms with Gasteiger partial charge < -0.3 is 0 Å². The SMILES string of the molecule is C[C@H]1CCCC2=C1[C@H](c1ccc(Cl)cc1)n1c(s/c(=C\c3ccc(Cl)cc3)c1=O)=N2. The molecule has 0 spiro atoms. The minimum atomic E-state index is -0.129. The second-order valence-electron chi connectivity index (χ2n) is 7.88. The Bertz CT molecular complexity index is 1320. The van der Waals surface area contributed by atoms with Crippen LogP contribution in [-0.4, -0.2) is 4.57 Å².